The van der Waals surface area contributed by atoms with Crippen LogP contribution in [0.15, 0.2) is 48.5 Å². The molecule has 4 N–H and O–H groups in total. The molecule has 3 aromatic rings. The van der Waals surface area contributed by atoms with E-state index >= 15 is 0 Å². The zero-order valence-corrected chi connectivity index (χ0v) is 19.9. The molecule has 34 heavy (non-hydrogen) atoms. The molecule has 0 radical (unpaired) electrons. The molecule has 9 heteroatoms. The van der Waals surface area contributed by atoms with Crippen LogP contribution < -0.4 is 30.6 Å². The highest BCUT2D eigenvalue weighted by molar-refractivity contribution is 5.68. The summed E-state index contributed by atoms with van der Waals surface area (Å²) in [5, 5.41) is 6.79. The first-order chi connectivity index (χ1) is 16.6. The number of hydrogen-bond acceptors (Lipinski definition) is 9. The summed E-state index contributed by atoms with van der Waals surface area (Å²) in [6.07, 6.45) is 2.07. The van der Waals surface area contributed by atoms with Gasteiger partial charge in [0.15, 0.2) is 11.5 Å². The smallest absolute Gasteiger partial charge is 0.223 e. The molecule has 0 saturated carbocycles. The molecule has 0 unspecified atom stereocenters. The molecule has 1 aliphatic heterocycles. The van der Waals surface area contributed by atoms with Crippen molar-refractivity contribution in [3.05, 3.63) is 54.1 Å². The Morgan fingerprint density at radius 2 is 1.56 bits per heavy atom. The van der Waals surface area contributed by atoms with E-state index in [4.69, 9.17) is 19.9 Å². The molecule has 4 rings (SSSR count). The van der Waals surface area contributed by atoms with E-state index in [1.165, 1.54) is 5.56 Å². The van der Waals surface area contributed by atoms with Crippen LogP contribution in [0.3, 0.4) is 0 Å². The van der Waals surface area contributed by atoms with Crippen LogP contribution in [0.5, 0.6) is 17.2 Å². The van der Waals surface area contributed by atoms with Gasteiger partial charge >= 0.3 is 0 Å². The van der Waals surface area contributed by atoms with Gasteiger partial charge in [0.1, 0.15) is 11.6 Å². The van der Waals surface area contributed by atoms with Gasteiger partial charge in [0.05, 0.1) is 21.3 Å². The Morgan fingerprint density at radius 1 is 0.912 bits per heavy atom. The maximum absolute atomic E-state index is 6.00. The number of nitrogens with one attached hydrogen (secondary N) is 2. The predicted molar refractivity (Wildman–Crippen MR) is 134 cm³/mol. The highest BCUT2D eigenvalue weighted by atomic mass is 16.5. The number of benzene rings is 2. The van der Waals surface area contributed by atoms with Crippen LogP contribution in [0, 0.1) is 0 Å². The van der Waals surface area contributed by atoms with Crippen molar-refractivity contribution in [1.82, 2.24) is 14.9 Å². The lowest BCUT2D eigenvalue weighted by molar-refractivity contribution is 0.211. The minimum Gasteiger partial charge on any atom is -0.493 e. The average molecular weight is 465 g/mol. The van der Waals surface area contributed by atoms with Crippen molar-refractivity contribution in [1.29, 1.82) is 0 Å². The zero-order chi connectivity index (χ0) is 23.9. The number of methoxy groups -OCH3 is 3. The van der Waals surface area contributed by atoms with Gasteiger partial charge in [0.2, 0.25) is 11.7 Å². The summed E-state index contributed by atoms with van der Waals surface area (Å²) >= 11 is 0. The molecule has 0 amide bonds. The monoisotopic (exact) mass is 464 g/mol. The fourth-order valence-corrected chi connectivity index (χ4v) is 4.19. The largest absolute Gasteiger partial charge is 0.493 e. The molecular formula is C25H32N6O3. The fraction of sp³-hybridized carbons (Fsp3) is 0.360. The second-order valence-corrected chi connectivity index (χ2v) is 8.22. The van der Waals surface area contributed by atoms with Crippen molar-refractivity contribution in [3.8, 4) is 17.2 Å². The van der Waals surface area contributed by atoms with Crippen LogP contribution in [-0.2, 0) is 6.54 Å². The summed E-state index contributed by atoms with van der Waals surface area (Å²) in [6.45, 7) is 3.05. The Bertz CT molecular complexity index is 1060. The molecule has 9 nitrogen and oxygen atoms in total. The van der Waals surface area contributed by atoms with Crippen molar-refractivity contribution < 1.29 is 14.2 Å². The van der Waals surface area contributed by atoms with Gasteiger partial charge in [0, 0.05) is 49.6 Å². The van der Waals surface area contributed by atoms with E-state index in [1.807, 2.05) is 18.2 Å². The molecule has 0 atom stereocenters. The molecule has 0 spiro atoms. The van der Waals surface area contributed by atoms with Crippen molar-refractivity contribution in [2.45, 2.75) is 25.4 Å². The number of nitrogens with zero attached hydrogens (tertiary/aromatic N) is 3. The molecule has 1 fully saturated rings. The molecule has 2 aromatic carbocycles. The average Bonchev–Trinajstić information content (AvgIpc) is 2.85. The second kappa shape index (κ2) is 10.9. The van der Waals surface area contributed by atoms with E-state index in [-0.39, 0.29) is 5.95 Å². The number of likely N-dealkylation sites (tertiary alicyclic amines) is 1. The lowest BCUT2D eigenvalue weighted by Crippen LogP contribution is -2.38. The van der Waals surface area contributed by atoms with Crippen LogP contribution in [0.4, 0.5) is 23.3 Å². The van der Waals surface area contributed by atoms with Gasteiger partial charge in [-0.05, 0) is 18.4 Å². The van der Waals surface area contributed by atoms with E-state index in [9.17, 15) is 0 Å². The summed E-state index contributed by atoms with van der Waals surface area (Å²) in [6, 6.07) is 16.4. The number of piperidine rings is 1. The Kier molecular flexibility index (Phi) is 7.54. The van der Waals surface area contributed by atoms with Crippen molar-refractivity contribution >= 4 is 23.3 Å². The highest BCUT2D eigenvalue weighted by Gasteiger charge is 2.20. The van der Waals surface area contributed by atoms with Crippen molar-refractivity contribution in [2.24, 2.45) is 0 Å². The van der Waals surface area contributed by atoms with Gasteiger partial charge < -0.3 is 30.6 Å². The SMILES string of the molecule is COc1cc(Nc2cc(NC3CCN(Cc4ccccc4)CC3)nc(N)n2)cc(OC)c1OC. The topological polar surface area (TPSA) is 107 Å². The zero-order valence-electron chi connectivity index (χ0n) is 19.9. The lowest BCUT2D eigenvalue weighted by Gasteiger charge is -2.32. The van der Waals surface area contributed by atoms with Gasteiger partial charge in [-0.25, -0.2) is 0 Å². The summed E-state index contributed by atoms with van der Waals surface area (Å²) in [5.74, 6) is 3.09. The van der Waals surface area contributed by atoms with Gasteiger partial charge in [-0.3, -0.25) is 4.90 Å². The van der Waals surface area contributed by atoms with Crippen LogP contribution in [0.1, 0.15) is 18.4 Å². The Hall–Kier alpha value is -3.72. The Balaban J connectivity index is 1.40. The maximum Gasteiger partial charge on any atom is 0.223 e. The minimum absolute atomic E-state index is 0.196. The molecule has 0 aliphatic carbocycles. The lowest BCUT2D eigenvalue weighted by atomic mass is 10.0. The van der Waals surface area contributed by atoms with E-state index in [0.29, 0.717) is 34.9 Å². The van der Waals surface area contributed by atoms with E-state index in [2.05, 4.69) is 55.8 Å². The molecule has 180 valence electrons. The van der Waals surface area contributed by atoms with Gasteiger partial charge in [-0.2, -0.15) is 9.97 Å². The summed E-state index contributed by atoms with van der Waals surface area (Å²) in [4.78, 5) is 11.2. The molecule has 1 aliphatic rings. The normalized spacial score (nSPS) is 14.4. The maximum atomic E-state index is 6.00. The third kappa shape index (κ3) is 5.79. The van der Waals surface area contributed by atoms with Crippen molar-refractivity contribution in [3.63, 3.8) is 0 Å². The first-order valence-corrected chi connectivity index (χ1v) is 11.3. The van der Waals surface area contributed by atoms with Gasteiger partial charge in [-0.15, -0.1) is 0 Å². The highest BCUT2D eigenvalue weighted by Crippen LogP contribution is 2.40. The molecule has 0 bridgehead atoms. The van der Waals surface area contributed by atoms with E-state index in [1.54, 1.807) is 21.3 Å². The fourth-order valence-electron chi connectivity index (χ4n) is 4.19. The summed E-state index contributed by atoms with van der Waals surface area (Å²) in [5.41, 5.74) is 8.08. The van der Waals surface area contributed by atoms with Gasteiger partial charge in [-0.1, -0.05) is 30.3 Å². The van der Waals surface area contributed by atoms with E-state index in [0.717, 1.165) is 38.2 Å². The number of hydrogen-bond donors (Lipinski definition) is 3. The first kappa shape index (κ1) is 23.4. The van der Waals surface area contributed by atoms with Crippen LogP contribution >= 0.6 is 0 Å². The number of aromatic nitrogens is 2. The number of ether oxygens (including phenoxy) is 3. The molecule has 1 aromatic heterocycles. The summed E-state index contributed by atoms with van der Waals surface area (Å²) < 4.78 is 16.3. The molecule has 2 heterocycles. The number of rotatable bonds is 9. The standard InChI is InChI=1S/C25H32N6O3/c1-32-20-13-19(14-21(33-2)24(20)34-3)28-23-15-22(29-25(26)30-23)27-18-9-11-31(12-10-18)16-17-7-5-4-6-8-17/h4-8,13-15,18H,9-12,16H2,1-3H3,(H4,26,27,28,29,30). The predicted octanol–water partition coefficient (Wildman–Crippen LogP) is 3.90. The Labute approximate surface area is 200 Å². The summed E-state index contributed by atoms with van der Waals surface area (Å²) in [7, 11) is 4.73. The van der Waals surface area contributed by atoms with Gasteiger partial charge in [0.25, 0.3) is 0 Å². The Morgan fingerprint density at radius 3 is 2.18 bits per heavy atom. The van der Waals surface area contributed by atoms with Crippen LogP contribution in [0.2, 0.25) is 0 Å². The first-order valence-electron chi connectivity index (χ1n) is 11.3. The molecular weight excluding hydrogens is 432 g/mol. The third-order valence-corrected chi connectivity index (χ3v) is 5.87. The third-order valence-electron chi connectivity index (χ3n) is 5.87. The van der Waals surface area contributed by atoms with E-state index < -0.39 is 0 Å². The number of nitrogen functional groups attached to an aromatic ring is 1. The number of nitrogens with two attached hydrogens (primary N) is 1. The van der Waals surface area contributed by atoms with Crippen LogP contribution in [-0.4, -0.2) is 55.3 Å². The van der Waals surface area contributed by atoms with Crippen molar-refractivity contribution in [2.75, 3.05) is 50.8 Å². The van der Waals surface area contributed by atoms with Crippen LogP contribution in [0.25, 0.3) is 0 Å². The molecule has 1 saturated heterocycles. The quantitative estimate of drug-likeness (QED) is 0.434. The minimum atomic E-state index is 0.196. The second-order valence-electron chi connectivity index (χ2n) is 8.22. The number of anilines is 4.